The van der Waals surface area contributed by atoms with Gasteiger partial charge in [-0.25, -0.2) is 4.57 Å². The third-order valence-corrected chi connectivity index (χ3v) is 3.47. The zero-order valence-electron chi connectivity index (χ0n) is 13.3. The average molecular weight is 426 g/mol. The second-order valence-electron chi connectivity index (χ2n) is 5.16. The lowest BCUT2D eigenvalue weighted by Crippen LogP contribution is -3.00. The van der Waals surface area contributed by atoms with Gasteiger partial charge in [0.15, 0.2) is 12.4 Å². The lowest BCUT2D eigenvalue weighted by molar-refractivity contribution is -0.671. The lowest BCUT2D eigenvalue weighted by atomic mass is 10.1. The van der Waals surface area contributed by atoms with Crippen molar-refractivity contribution >= 4 is 17.8 Å². The number of aliphatic hydroxyl groups excluding tert-OH is 2. The zero-order chi connectivity index (χ0) is 15.8. The van der Waals surface area contributed by atoms with Crippen LogP contribution in [0.3, 0.4) is 0 Å². The summed E-state index contributed by atoms with van der Waals surface area (Å²) in [6, 6.07) is 12.2. The number of aliphatic hydroxyl groups is 2. The number of rotatable bonds is 7. The van der Waals surface area contributed by atoms with Gasteiger partial charge in [0.1, 0.15) is 7.05 Å². The topological polar surface area (TPSA) is 47.6 Å². The number of hydrogen-bond donors (Lipinski definition) is 2. The molecular formula is C18H23IN2O2. The van der Waals surface area contributed by atoms with Crippen LogP contribution in [0.2, 0.25) is 0 Å². The molecule has 4 nitrogen and oxygen atoms in total. The van der Waals surface area contributed by atoms with Crippen molar-refractivity contribution in [2.75, 3.05) is 31.2 Å². The molecule has 0 aliphatic rings. The fourth-order valence-corrected chi connectivity index (χ4v) is 2.22. The molecule has 0 unspecified atom stereocenters. The van der Waals surface area contributed by atoms with Crippen LogP contribution in [0.5, 0.6) is 0 Å². The van der Waals surface area contributed by atoms with Gasteiger partial charge in [-0.3, -0.25) is 0 Å². The highest BCUT2D eigenvalue weighted by atomic mass is 127. The SMILES string of the molecule is C[n+]1ccc(C=Cc2ccc(N(CCO)CCO)cc2)cc1.[I-]. The summed E-state index contributed by atoms with van der Waals surface area (Å²) in [4.78, 5) is 1.96. The number of halogens is 1. The Hall–Kier alpha value is -1.44. The molecule has 5 heteroatoms. The van der Waals surface area contributed by atoms with Gasteiger partial charge in [0.25, 0.3) is 0 Å². The molecule has 1 aromatic carbocycles. The maximum atomic E-state index is 9.07. The summed E-state index contributed by atoms with van der Waals surface area (Å²) in [5.41, 5.74) is 3.28. The summed E-state index contributed by atoms with van der Waals surface area (Å²) < 4.78 is 2.00. The first kappa shape index (κ1) is 19.6. The van der Waals surface area contributed by atoms with Crippen molar-refractivity contribution in [2.45, 2.75) is 0 Å². The molecule has 2 aromatic rings. The van der Waals surface area contributed by atoms with Crippen molar-refractivity contribution in [1.29, 1.82) is 0 Å². The summed E-state index contributed by atoms with van der Waals surface area (Å²) in [6.07, 6.45) is 8.19. The van der Waals surface area contributed by atoms with Crippen molar-refractivity contribution in [3.05, 3.63) is 59.9 Å². The maximum absolute atomic E-state index is 9.07. The predicted molar refractivity (Wildman–Crippen MR) is 89.4 cm³/mol. The molecule has 23 heavy (non-hydrogen) atoms. The van der Waals surface area contributed by atoms with Crippen molar-refractivity contribution in [3.8, 4) is 0 Å². The van der Waals surface area contributed by atoms with Crippen LogP contribution in [0.1, 0.15) is 11.1 Å². The highest BCUT2D eigenvalue weighted by molar-refractivity contribution is 5.70. The summed E-state index contributed by atoms with van der Waals surface area (Å²) in [7, 11) is 2.00. The molecule has 124 valence electrons. The van der Waals surface area contributed by atoms with Crippen LogP contribution in [0.25, 0.3) is 12.2 Å². The first-order chi connectivity index (χ1) is 10.7. The lowest BCUT2D eigenvalue weighted by Gasteiger charge is -2.22. The van der Waals surface area contributed by atoms with Gasteiger partial charge in [-0.1, -0.05) is 24.3 Å². The Morgan fingerprint density at radius 2 is 1.35 bits per heavy atom. The third-order valence-electron chi connectivity index (χ3n) is 3.47. The van der Waals surface area contributed by atoms with Gasteiger partial charge in [0.2, 0.25) is 0 Å². The molecule has 0 saturated carbocycles. The molecule has 0 amide bonds. The number of hydrogen-bond acceptors (Lipinski definition) is 3. The predicted octanol–water partition coefficient (Wildman–Crippen LogP) is -1.52. The molecule has 0 bridgehead atoms. The second kappa shape index (κ2) is 10.4. The quantitative estimate of drug-likeness (QED) is 0.418. The Morgan fingerprint density at radius 3 is 1.83 bits per heavy atom. The number of aryl methyl sites for hydroxylation is 1. The first-order valence-electron chi connectivity index (χ1n) is 7.43. The summed E-state index contributed by atoms with van der Waals surface area (Å²) in [5.74, 6) is 0. The monoisotopic (exact) mass is 426 g/mol. The van der Waals surface area contributed by atoms with Gasteiger partial charge in [-0.15, -0.1) is 0 Å². The van der Waals surface area contributed by atoms with E-state index >= 15 is 0 Å². The van der Waals surface area contributed by atoms with Gasteiger partial charge in [0.05, 0.1) is 13.2 Å². The Kier molecular flexibility index (Phi) is 8.83. The number of benzene rings is 1. The van der Waals surface area contributed by atoms with Crippen LogP contribution in [-0.2, 0) is 7.05 Å². The highest BCUT2D eigenvalue weighted by Gasteiger charge is 2.04. The van der Waals surface area contributed by atoms with E-state index in [1.165, 1.54) is 0 Å². The molecule has 2 N–H and O–H groups in total. The molecule has 1 aromatic heterocycles. The van der Waals surface area contributed by atoms with E-state index in [1.807, 2.05) is 53.2 Å². The first-order valence-corrected chi connectivity index (χ1v) is 7.43. The van der Waals surface area contributed by atoms with Crippen LogP contribution >= 0.6 is 0 Å². The van der Waals surface area contributed by atoms with Gasteiger partial charge >= 0.3 is 0 Å². The van der Waals surface area contributed by atoms with Crippen LogP contribution in [0.4, 0.5) is 5.69 Å². The Labute approximate surface area is 154 Å². The van der Waals surface area contributed by atoms with E-state index in [2.05, 4.69) is 24.3 Å². The Balaban J connectivity index is 0.00000264. The van der Waals surface area contributed by atoms with E-state index in [4.69, 9.17) is 10.2 Å². The van der Waals surface area contributed by atoms with E-state index in [0.717, 1.165) is 16.8 Å². The fourth-order valence-electron chi connectivity index (χ4n) is 2.22. The third kappa shape index (κ3) is 6.29. The van der Waals surface area contributed by atoms with Crippen LogP contribution in [0.15, 0.2) is 48.8 Å². The molecule has 0 aliphatic carbocycles. The van der Waals surface area contributed by atoms with Gasteiger partial charge < -0.3 is 39.1 Å². The van der Waals surface area contributed by atoms with E-state index in [-0.39, 0.29) is 37.2 Å². The smallest absolute Gasteiger partial charge is 0.169 e. The number of nitrogens with zero attached hydrogens (tertiary/aromatic N) is 2. The van der Waals surface area contributed by atoms with E-state index < -0.39 is 0 Å². The van der Waals surface area contributed by atoms with Crippen molar-refractivity contribution < 1.29 is 38.8 Å². The number of pyridine rings is 1. The van der Waals surface area contributed by atoms with E-state index in [9.17, 15) is 0 Å². The van der Waals surface area contributed by atoms with Crippen LogP contribution in [0, 0.1) is 0 Å². The number of anilines is 1. The van der Waals surface area contributed by atoms with Crippen LogP contribution in [-0.4, -0.2) is 36.5 Å². The van der Waals surface area contributed by atoms with E-state index in [1.54, 1.807) is 0 Å². The second-order valence-corrected chi connectivity index (χ2v) is 5.16. The average Bonchev–Trinajstić information content (AvgIpc) is 2.55. The molecule has 0 saturated heterocycles. The Morgan fingerprint density at radius 1 is 0.870 bits per heavy atom. The summed E-state index contributed by atoms with van der Waals surface area (Å²) in [5, 5.41) is 18.1. The molecular weight excluding hydrogens is 403 g/mol. The molecule has 0 aliphatic heterocycles. The fraction of sp³-hybridized carbons (Fsp3) is 0.278. The standard InChI is InChI=1S/C18H23N2O2.HI/c1-19-10-8-17(9-11-19)3-2-16-4-6-18(7-5-16)20(12-14-21)13-15-22;/h2-11,21-22H,12-15H2,1H3;1H/q+1;/p-1. The molecule has 2 rings (SSSR count). The minimum atomic E-state index is 0. The minimum absolute atomic E-state index is 0. The van der Waals surface area contributed by atoms with E-state index in [0.29, 0.717) is 13.1 Å². The van der Waals surface area contributed by atoms with Crippen molar-refractivity contribution in [1.82, 2.24) is 0 Å². The summed E-state index contributed by atoms with van der Waals surface area (Å²) >= 11 is 0. The molecule has 1 heterocycles. The summed E-state index contributed by atoms with van der Waals surface area (Å²) in [6.45, 7) is 1.20. The van der Waals surface area contributed by atoms with Gasteiger partial charge in [0, 0.05) is 30.9 Å². The van der Waals surface area contributed by atoms with Crippen molar-refractivity contribution in [3.63, 3.8) is 0 Å². The Bertz CT molecular complexity index is 591. The minimum Gasteiger partial charge on any atom is -1.00 e. The largest absolute Gasteiger partial charge is 1.00 e. The molecule has 0 radical (unpaired) electrons. The zero-order valence-corrected chi connectivity index (χ0v) is 15.4. The molecule has 0 spiro atoms. The van der Waals surface area contributed by atoms with Gasteiger partial charge in [-0.2, -0.15) is 0 Å². The van der Waals surface area contributed by atoms with Crippen LogP contribution < -0.4 is 33.4 Å². The highest BCUT2D eigenvalue weighted by Crippen LogP contribution is 2.16. The van der Waals surface area contributed by atoms with Gasteiger partial charge in [-0.05, 0) is 23.3 Å². The molecule has 0 fully saturated rings. The molecule has 0 atom stereocenters. The maximum Gasteiger partial charge on any atom is 0.169 e. The normalized spacial score (nSPS) is 10.6. The van der Waals surface area contributed by atoms with Crippen molar-refractivity contribution in [2.24, 2.45) is 7.05 Å². The number of aromatic nitrogens is 1.